The molecule has 0 unspecified atom stereocenters. The molecule has 0 radical (unpaired) electrons. The maximum absolute atomic E-state index is 11.9. The van der Waals surface area contributed by atoms with E-state index >= 15 is 0 Å². The zero-order valence-corrected chi connectivity index (χ0v) is 11.3. The lowest BCUT2D eigenvalue weighted by Crippen LogP contribution is -2.22. The Bertz CT molecular complexity index is 647. The molecule has 0 fully saturated rings. The molecule has 0 aliphatic heterocycles. The summed E-state index contributed by atoms with van der Waals surface area (Å²) in [6.07, 6.45) is 1.63. The Kier molecular flexibility index (Phi) is 3.98. The summed E-state index contributed by atoms with van der Waals surface area (Å²) in [7, 11) is -3.66. The van der Waals surface area contributed by atoms with E-state index in [1.54, 1.807) is 12.3 Å². The van der Waals surface area contributed by atoms with Gasteiger partial charge in [-0.15, -0.1) is 0 Å². The molecule has 7 heteroatoms. The Hall–Kier alpha value is -1.70. The third-order valence-electron chi connectivity index (χ3n) is 2.54. The SMILES string of the molecule is Cc1ccc(CNS(=O)(=O)c2ccc(CN)o2)cn1. The van der Waals surface area contributed by atoms with Gasteiger partial charge in [-0.1, -0.05) is 6.07 Å². The van der Waals surface area contributed by atoms with Crippen LogP contribution in [0, 0.1) is 6.92 Å². The Morgan fingerprint density at radius 3 is 2.68 bits per heavy atom. The third-order valence-corrected chi connectivity index (χ3v) is 3.82. The summed E-state index contributed by atoms with van der Waals surface area (Å²) in [5.74, 6) is 0.428. The number of aromatic nitrogens is 1. The minimum absolute atomic E-state index is 0.131. The van der Waals surface area contributed by atoms with Gasteiger partial charge in [-0.25, -0.2) is 13.1 Å². The van der Waals surface area contributed by atoms with E-state index in [-0.39, 0.29) is 18.2 Å². The van der Waals surface area contributed by atoms with Crippen molar-refractivity contribution < 1.29 is 12.8 Å². The Morgan fingerprint density at radius 2 is 2.11 bits per heavy atom. The quantitative estimate of drug-likeness (QED) is 0.849. The van der Waals surface area contributed by atoms with Crippen LogP contribution in [0.25, 0.3) is 0 Å². The zero-order valence-electron chi connectivity index (χ0n) is 10.5. The highest BCUT2D eigenvalue weighted by Crippen LogP contribution is 2.13. The molecule has 2 heterocycles. The van der Waals surface area contributed by atoms with E-state index in [1.165, 1.54) is 6.07 Å². The monoisotopic (exact) mass is 281 g/mol. The Balaban J connectivity index is 2.07. The minimum atomic E-state index is -3.66. The summed E-state index contributed by atoms with van der Waals surface area (Å²) < 4.78 is 31.4. The number of nitrogens with one attached hydrogen (secondary N) is 1. The second kappa shape index (κ2) is 5.52. The molecule has 0 aromatic carbocycles. The highest BCUT2D eigenvalue weighted by atomic mass is 32.2. The molecule has 2 aromatic rings. The lowest BCUT2D eigenvalue weighted by molar-refractivity contribution is 0.412. The van der Waals surface area contributed by atoms with E-state index in [1.807, 2.05) is 19.1 Å². The predicted octanol–water partition coefficient (Wildman–Crippen LogP) is 0.920. The van der Waals surface area contributed by atoms with Gasteiger partial charge < -0.3 is 10.2 Å². The summed E-state index contributed by atoms with van der Waals surface area (Å²) in [6, 6.07) is 6.57. The van der Waals surface area contributed by atoms with Crippen molar-refractivity contribution in [1.29, 1.82) is 0 Å². The molecular formula is C12H15N3O3S. The first-order valence-electron chi connectivity index (χ1n) is 5.71. The summed E-state index contributed by atoms with van der Waals surface area (Å²) in [4.78, 5) is 4.10. The van der Waals surface area contributed by atoms with E-state index in [2.05, 4.69) is 9.71 Å². The Labute approximate surface area is 111 Å². The van der Waals surface area contributed by atoms with E-state index in [9.17, 15) is 8.42 Å². The molecule has 0 spiro atoms. The smallest absolute Gasteiger partial charge is 0.274 e. The van der Waals surface area contributed by atoms with Crippen LogP contribution in [-0.4, -0.2) is 13.4 Å². The first-order chi connectivity index (χ1) is 9.01. The fourth-order valence-corrected chi connectivity index (χ4v) is 2.43. The number of sulfonamides is 1. The van der Waals surface area contributed by atoms with Gasteiger partial charge in [-0.3, -0.25) is 4.98 Å². The van der Waals surface area contributed by atoms with Gasteiger partial charge in [0.25, 0.3) is 10.0 Å². The van der Waals surface area contributed by atoms with E-state index < -0.39 is 10.0 Å². The number of nitrogens with two attached hydrogens (primary N) is 1. The van der Waals surface area contributed by atoms with Gasteiger partial charge >= 0.3 is 0 Å². The molecule has 3 N–H and O–H groups in total. The van der Waals surface area contributed by atoms with Crippen molar-refractivity contribution in [2.75, 3.05) is 0 Å². The number of hydrogen-bond donors (Lipinski definition) is 2. The molecule has 0 atom stereocenters. The van der Waals surface area contributed by atoms with Crippen LogP contribution >= 0.6 is 0 Å². The second-order valence-corrected chi connectivity index (χ2v) is 5.76. The highest BCUT2D eigenvalue weighted by Gasteiger charge is 2.18. The molecule has 2 rings (SSSR count). The summed E-state index contributed by atoms with van der Waals surface area (Å²) >= 11 is 0. The average Bonchev–Trinajstić information content (AvgIpc) is 2.88. The van der Waals surface area contributed by atoms with Crippen LogP contribution in [0.3, 0.4) is 0 Å². The fourth-order valence-electron chi connectivity index (χ4n) is 1.46. The highest BCUT2D eigenvalue weighted by molar-refractivity contribution is 7.89. The van der Waals surface area contributed by atoms with Gasteiger partial charge in [0.1, 0.15) is 5.76 Å². The van der Waals surface area contributed by atoms with Crippen molar-refractivity contribution in [3.63, 3.8) is 0 Å². The molecule has 0 aliphatic carbocycles. The average molecular weight is 281 g/mol. The van der Waals surface area contributed by atoms with Gasteiger partial charge in [0, 0.05) is 18.4 Å². The van der Waals surface area contributed by atoms with Crippen molar-refractivity contribution in [2.24, 2.45) is 5.73 Å². The topological polar surface area (TPSA) is 98.2 Å². The maximum Gasteiger partial charge on any atom is 0.274 e. The van der Waals surface area contributed by atoms with E-state index in [0.29, 0.717) is 5.76 Å². The van der Waals surface area contributed by atoms with Gasteiger partial charge in [-0.2, -0.15) is 0 Å². The van der Waals surface area contributed by atoms with Gasteiger partial charge in [0.2, 0.25) is 5.09 Å². The van der Waals surface area contributed by atoms with Gasteiger partial charge in [0.15, 0.2) is 0 Å². The number of hydrogen-bond acceptors (Lipinski definition) is 5. The fraction of sp³-hybridized carbons (Fsp3) is 0.250. The lowest BCUT2D eigenvalue weighted by atomic mass is 10.2. The van der Waals surface area contributed by atoms with Crippen LogP contribution in [0.4, 0.5) is 0 Å². The minimum Gasteiger partial charge on any atom is -0.447 e. The van der Waals surface area contributed by atoms with E-state index in [0.717, 1.165) is 11.3 Å². The zero-order chi connectivity index (χ0) is 13.9. The largest absolute Gasteiger partial charge is 0.447 e. The molecule has 0 saturated heterocycles. The number of nitrogens with zero attached hydrogens (tertiary/aromatic N) is 1. The van der Waals surface area contributed by atoms with Crippen molar-refractivity contribution in [1.82, 2.24) is 9.71 Å². The molecule has 0 aliphatic rings. The van der Waals surface area contributed by atoms with Gasteiger partial charge in [0.05, 0.1) is 6.54 Å². The second-order valence-electron chi connectivity index (χ2n) is 4.06. The standard InChI is InChI=1S/C12H15N3O3S/c1-9-2-3-10(7-14-9)8-15-19(16,17)12-5-4-11(6-13)18-12/h2-5,7,15H,6,8,13H2,1H3. The van der Waals surface area contributed by atoms with Crippen LogP contribution in [0.15, 0.2) is 40.0 Å². The molecule has 2 aromatic heterocycles. The number of aryl methyl sites for hydroxylation is 1. The summed E-state index contributed by atoms with van der Waals surface area (Å²) in [6.45, 7) is 2.19. The van der Waals surface area contributed by atoms with Crippen molar-refractivity contribution >= 4 is 10.0 Å². The molecule has 19 heavy (non-hydrogen) atoms. The maximum atomic E-state index is 11.9. The number of pyridine rings is 1. The molecule has 0 saturated carbocycles. The lowest BCUT2D eigenvalue weighted by Gasteiger charge is -2.04. The third kappa shape index (κ3) is 3.40. The van der Waals surface area contributed by atoms with Crippen LogP contribution in [0.5, 0.6) is 0 Å². The van der Waals surface area contributed by atoms with Crippen LogP contribution in [0.2, 0.25) is 0 Å². The summed E-state index contributed by atoms with van der Waals surface area (Å²) in [5.41, 5.74) is 7.03. The summed E-state index contributed by atoms with van der Waals surface area (Å²) in [5, 5.41) is -0.131. The molecule has 0 bridgehead atoms. The number of rotatable bonds is 5. The van der Waals surface area contributed by atoms with Gasteiger partial charge in [-0.05, 0) is 30.7 Å². The Morgan fingerprint density at radius 1 is 1.32 bits per heavy atom. The van der Waals surface area contributed by atoms with Crippen LogP contribution in [0.1, 0.15) is 17.0 Å². The van der Waals surface area contributed by atoms with Crippen molar-refractivity contribution in [3.05, 3.63) is 47.5 Å². The normalized spacial score (nSPS) is 11.7. The van der Waals surface area contributed by atoms with Crippen LogP contribution < -0.4 is 10.5 Å². The first-order valence-corrected chi connectivity index (χ1v) is 7.19. The van der Waals surface area contributed by atoms with Crippen molar-refractivity contribution in [3.8, 4) is 0 Å². The predicted molar refractivity (Wildman–Crippen MR) is 69.6 cm³/mol. The van der Waals surface area contributed by atoms with Crippen molar-refractivity contribution in [2.45, 2.75) is 25.1 Å². The molecule has 102 valence electrons. The molecule has 0 amide bonds. The number of furan rings is 1. The first kappa shape index (κ1) is 13.7. The molecular weight excluding hydrogens is 266 g/mol. The molecule has 6 nitrogen and oxygen atoms in total. The van der Waals surface area contributed by atoms with Crippen LogP contribution in [-0.2, 0) is 23.1 Å². The van der Waals surface area contributed by atoms with E-state index in [4.69, 9.17) is 10.2 Å².